The minimum absolute atomic E-state index is 0.0184. The highest BCUT2D eigenvalue weighted by atomic mass is 16.5. The highest BCUT2D eigenvalue weighted by molar-refractivity contribution is 5.32. The fraction of sp³-hybridized carbons (Fsp3) is 0.476. The summed E-state index contributed by atoms with van der Waals surface area (Å²) in [4.78, 5) is 0. The molecule has 0 aromatic heterocycles. The molecule has 0 rings (SSSR count). The maximum Gasteiger partial charge on any atom is 0.0657 e. The van der Waals surface area contributed by atoms with E-state index in [0.717, 1.165) is 32.1 Å². The van der Waals surface area contributed by atoms with Crippen molar-refractivity contribution in [3.63, 3.8) is 0 Å². The first-order chi connectivity index (χ1) is 20.7. The zero-order valence-corrected chi connectivity index (χ0v) is 30.3. The van der Waals surface area contributed by atoms with Crippen molar-refractivity contribution in [1.29, 1.82) is 0 Å². The Kier molecular flexibility index (Phi) is 21.9. The molecular weight excluding hydrogens is 536 g/mol. The highest BCUT2D eigenvalue weighted by Crippen LogP contribution is 2.19. The van der Waals surface area contributed by atoms with Crippen LogP contribution < -0.4 is 0 Å². The van der Waals surface area contributed by atoms with Gasteiger partial charge in [0.05, 0.1) is 11.2 Å². The number of hydrogen-bond donors (Lipinski definition) is 0. The van der Waals surface area contributed by atoms with Gasteiger partial charge in [-0.1, -0.05) is 131 Å². The Balaban J connectivity index is 4.64. The summed E-state index contributed by atoms with van der Waals surface area (Å²) in [5, 5.41) is 0. The Morgan fingerprint density at radius 2 is 0.977 bits per heavy atom. The van der Waals surface area contributed by atoms with Crippen molar-refractivity contribution in [3.8, 4) is 0 Å². The molecule has 0 saturated heterocycles. The van der Waals surface area contributed by atoms with E-state index in [-0.39, 0.29) is 11.2 Å². The lowest BCUT2D eigenvalue weighted by Crippen LogP contribution is -2.21. The van der Waals surface area contributed by atoms with Gasteiger partial charge in [0, 0.05) is 14.2 Å². The van der Waals surface area contributed by atoms with Crippen LogP contribution in [-0.4, -0.2) is 25.4 Å². The quantitative estimate of drug-likeness (QED) is 0.102. The molecule has 0 radical (unpaired) electrons. The molecule has 0 saturated carbocycles. The summed E-state index contributed by atoms with van der Waals surface area (Å²) in [6, 6.07) is 0. The molecule has 0 atom stereocenters. The molecule has 0 aliphatic carbocycles. The van der Waals surface area contributed by atoms with Gasteiger partial charge in [0.15, 0.2) is 0 Å². The molecular formula is C42H64O2. The standard InChI is InChI=1S/C42H64O2/c1-35(23-15-25-37(3)27-17-29-39(5)31-19-33-41(7,8)43-11)21-13-14-22-36(2)24-16-26-38(4)28-18-30-40(6)32-20-34-42(9,10)44-12/h13-17,19,21-27,29-31H,18,20,28,32-34H2,1-12H3/b14-13+,23-15+,24-16+,27-17+,31-19+,35-21+,36-22+,37-25+,38-26+,39-29+,40-30+. The molecule has 0 fully saturated rings. The Morgan fingerprint density at radius 1 is 0.523 bits per heavy atom. The fourth-order valence-corrected chi connectivity index (χ4v) is 3.94. The molecule has 2 nitrogen and oxygen atoms in total. The van der Waals surface area contributed by atoms with Gasteiger partial charge in [-0.25, -0.2) is 0 Å². The lowest BCUT2D eigenvalue weighted by atomic mass is 9.98. The van der Waals surface area contributed by atoms with Crippen LogP contribution in [0.5, 0.6) is 0 Å². The van der Waals surface area contributed by atoms with Crippen LogP contribution in [0, 0.1) is 0 Å². The third-order valence-electron chi connectivity index (χ3n) is 7.48. The first-order valence-electron chi connectivity index (χ1n) is 16.2. The second-order valence-electron chi connectivity index (χ2n) is 13.1. The van der Waals surface area contributed by atoms with Crippen LogP contribution in [0.25, 0.3) is 0 Å². The maximum absolute atomic E-state index is 5.52. The zero-order valence-electron chi connectivity index (χ0n) is 30.3. The van der Waals surface area contributed by atoms with Gasteiger partial charge in [-0.05, 0) is 108 Å². The maximum atomic E-state index is 5.52. The predicted octanol–water partition coefficient (Wildman–Crippen LogP) is 12.6. The van der Waals surface area contributed by atoms with Crippen molar-refractivity contribution < 1.29 is 9.47 Å². The normalized spacial score (nSPS) is 15.9. The lowest BCUT2D eigenvalue weighted by molar-refractivity contribution is 0.0140. The third kappa shape index (κ3) is 24.5. The SMILES string of the molecule is COC(C)(C)C/C=C/C(C)=C/C=C/C(C)=C/C=C/C(C)=C/C=C/C=C(C)/C=C/C=C(\C)CC/C=C(\C)CCCC(C)(C)OC. The van der Waals surface area contributed by atoms with Gasteiger partial charge in [-0.3, -0.25) is 0 Å². The largest absolute Gasteiger partial charge is 0.379 e. The molecule has 0 aromatic rings. The van der Waals surface area contributed by atoms with E-state index in [9.17, 15) is 0 Å². The Labute approximate surface area is 272 Å². The van der Waals surface area contributed by atoms with Crippen LogP contribution >= 0.6 is 0 Å². The van der Waals surface area contributed by atoms with E-state index in [2.05, 4.69) is 166 Å². The van der Waals surface area contributed by atoms with Crippen molar-refractivity contribution in [2.24, 2.45) is 0 Å². The molecule has 44 heavy (non-hydrogen) atoms. The van der Waals surface area contributed by atoms with Crippen molar-refractivity contribution in [3.05, 3.63) is 131 Å². The fourth-order valence-electron chi connectivity index (χ4n) is 3.94. The van der Waals surface area contributed by atoms with E-state index >= 15 is 0 Å². The molecule has 0 spiro atoms. The molecule has 0 N–H and O–H groups in total. The smallest absolute Gasteiger partial charge is 0.0657 e. The summed E-state index contributed by atoms with van der Waals surface area (Å²) in [7, 11) is 3.55. The first kappa shape index (κ1) is 41.1. The van der Waals surface area contributed by atoms with Gasteiger partial charge in [0.25, 0.3) is 0 Å². The van der Waals surface area contributed by atoms with E-state index in [0.29, 0.717) is 0 Å². The Hall–Kier alpha value is -2.94. The number of rotatable bonds is 20. The van der Waals surface area contributed by atoms with Crippen molar-refractivity contribution in [2.45, 2.75) is 119 Å². The zero-order chi connectivity index (χ0) is 33.4. The number of hydrogen-bond acceptors (Lipinski definition) is 2. The van der Waals surface area contributed by atoms with Crippen molar-refractivity contribution in [1.82, 2.24) is 0 Å². The van der Waals surface area contributed by atoms with Crippen molar-refractivity contribution in [2.75, 3.05) is 14.2 Å². The second kappa shape index (κ2) is 23.4. The van der Waals surface area contributed by atoms with Crippen molar-refractivity contribution >= 4 is 0 Å². The molecule has 2 heteroatoms. The molecule has 0 amide bonds. The molecule has 0 aromatic carbocycles. The van der Waals surface area contributed by atoms with Gasteiger partial charge < -0.3 is 9.47 Å². The molecule has 0 aliphatic rings. The van der Waals surface area contributed by atoms with Crippen LogP contribution in [0.2, 0.25) is 0 Å². The van der Waals surface area contributed by atoms with E-state index in [1.54, 1.807) is 14.2 Å². The Bertz CT molecular complexity index is 1160. The monoisotopic (exact) mass is 600 g/mol. The molecule has 0 aliphatic heterocycles. The molecule has 0 bridgehead atoms. The van der Waals surface area contributed by atoms with Crippen LogP contribution in [0.15, 0.2) is 131 Å². The average molecular weight is 601 g/mol. The molecule has 244 valence electrons. The molecule has 0 unspecified atom stereocenters. The van der Waals surface area contributed by atoms with E-state index in [1.165, 1.54) is 39.9 Å². The Morgan fingerprint density at radius 3 is 1.48 bits per heavy atom. The minimum atomic E-state index is -0.120. The van der Waals surface area contributed by atoms with Gasteiger partial charge in [-0.15, -0.1) is 0 Å². The summed E-state index contributed by atoms with van der Waals surface area (Å²) in [5.41, 5.74) is 7.61. The van der Waals surface area contributed by atoms with Gasteiger partial charge >= 0.3 is 0 Å². The van der Waals surface area contributed by atoms with E-state index in [1.807, 2.05) is 0 Å². The summed E-state index contributed by atoms with van der Waals surface area (Å²) in [6.45, 7) is 21.4. The van der Waals surface area contributed by atoms with Crippen LogP contribution in [-0.2, 0) is 9.47 Å². The highest BCUT2D eigenvalue weighted by Gasteiger charge is 2.15. The van der Waals surface area contributed by atoms with Crippen LogP contribution in [0.1, 0.15) is 108 Å². The summed E-state index contributed by atoms with van der Waals surface area (Å²) in [5.74, 6) is 0. The first-order valence-corrected chi connectivity index (χ1v) is 16.2. The predicted molar refractivity (Wildman–Crippen MR) is 198 cm³/mol. The van der Waals surface area contributed by atoms with E-state index < -0.39 is 0 Å². The van der Waals surface area contributed by atoms with Gasteiger partial charge in [0.2, 0.25) is 0 Å². The topological polar surface area (TPSA) is 18.5 Å². The lowest BCUT2D eigenvalue weighted by Gasteiger charge is -2.22. The third-order valence-corrected chi connectivity index (χ3v) is 7.48. The van der Waals surface area contributed by atoms with Crippen LogP contribution in [0.4, 0.5) is 0 Å². The van der Waals surface area contributed by atoms with Gasteiger partial charge in [0.1, 0.15) is 0 Å². The average Bonchev–Trinajstić information content (AvgIpc) is 2.95. The summed E-state index contributed by atoms with van der Waals surface area (Å²) >= 11 is 0. The summed E-state index contributed by atoms with van der Waals surface area (Å²) < 4.78 is 11.0. The second-order valence-corrected chi connectivity index (χ2v) is 13.1. The van der Waals surface area contributed by atoms with Gasteiger partial charge in [-0.2, -0.15) is 0 Å². The molecule has 0 heterocycles. The number of methoxy groups -OCH3 is 2. The number of allylic oxidation sites excluding steroid dienone is 21. The minimum Gasteiger partial charge on any atom is -0.379 e. The van der Waals surface area contributed by atoms with Crippen LogP contribution in [0.3, 0.4) is 0 Å². The van der Waals surface area contributed by atoms with E-state index in [4.69, 9.17) is 9.47 Å². The number of ether oxygens (including phenoxy) is 2. The summed E-state index contributed by atoms with van der Waals surface area (Å²) in [6.07, 6.45) is 40.9.